The summed E-state index contributed by atoms with van der Waals surface area (Å²) in [4.78, 5) is 0. The zero-order valence-electron chi connectivity index (χ0n) is 8.83. The van der Waals surface area contributed by atoms with Crippen molar-refractivity contribution in [3.05, 3.63) is 10.7 Å². The Balaban J connectivity index is 2.81. The Hall–Kier alpha value is -0.510. The van der Waals surface area contributed by atoms with Gasteiger partial charge in [-0.05, 0) is 28.8 Å². The Kier molecular flexibility index (Phi) is 4.45. The minimum absolute atomic E-state index is 0.455. The van der Waals surface area contributed by atoms with Crippen molar-refractivity contribution in [2.75, 3.05) is 5.73 Å². The van der Waals surface area contributed by atoms with E-state index in [9.17, 15) is 0 Å². The molecule has 0 aliphatic heterocycles. The van der Waals surface area contributed by atoms with Crippen LogP contribution in [-0.4, -0.2) is 9.78 Å². The monoisotopic (exact) mass is 259 g/mol. The first kappa shape index (κ1) is 11.6. The highest BCUT2D eigenvalue weighted by atomic mass is 79.9. The summed E-state index contributed by atoms with van der Waals surface area (Å²) in [5, 5.41) is 4.30. The molecule has 0 unspecified atom stereocenters. The molecule has 0 fully saturated rings. The molecule has 0 aromatic carbocycles. The first-order valence-corrected chi connectivity index (χ1v) is 5.98. The van der Waals surface area contributed by atoms with Crippen molar-refractivity contribution < 1.29 is 0 Å². The van der Waals surface area contributed by atoms with Gasteiger partial charge in [-0.2, -0.15) is 5.10 Å². The molecule has 14 heavy (non-hydrogen) atoms. The van der Waals surface area contributed by atoms with E-state index in [4.69, 9.17) is 5.73 Å². The first-order valence-electron chi connectivity index (χ1n) is 5.19. The van der Waals surface area contributed by atoms with Crippen molar-refractivity contribution in [3.8, 4) is 0 Å². The van der Waals surface area contributed by atoms with Crippen LogP contribution in [0.15, 0.2) is 10.7 Å². The summed E-state index contributed by atoms with van der Waals surface area (Å²) in [6, 6.07) is 0.455. The molecule has 0 aliphatic rings. The van der Waals surface area contributed by atoms with Crippen LogP contribution in [0.1, 0.15) is 45.6 Å². The number of nitrogens with zero attached hydrogens (tertiary/aromatic N) is 2. The van der Waals surface area contributed by atoms with E-state index in [1.54, 1.807) is 6.20 Å². The lowest BCUT2D eigenvalue weighted by Crippen LogP contribution is -2.13. The molecule has 2 N–H and O–H groups in total. The lowest BCUT2D eigenvalue weighted by Gasteiger charge is -2.17. The molecule has 1 heterocycles. The van der Waals surface area contributed by atoms with E-state index in [0.717, 1.165) is 23.1 Å². The van der Waals surface area contributed by atoms with Crippen LogP contribution in [0, 0.1) is 0 Å². The summed E-state index contributed by atoms with van der Waals surface area (Å²) in [7, 11) is 0. The molecule has 0 saturated carbocycles. The van der Waals surface area contributed by atoms with Crippen LogP contribution in [0.25, 0.3) is 0 Å². The van der Waals surface area contributed by atoms with Gasteiger partial charge in [0.1, 0.15) is 5.82 Å². The smallest absolute Gasteiger partial charge is 0.136 e. The number of hydrogen-bond acceptors (Lipinski definition) is 2. The fourth-order valence-corrected chi connectivity index (χ4v) is 1.97. The summed E-state index contributed by atoms with van der Waals surface area (Å²) in [6.45, 7) is 4.38. The highest BCUT2D eigenvalue weighted by Crippen LogP contribution is 2.26. The molecule has 1 aromatic heterocycles. The molecule has 1 rings (SSSR count). The molecule has 0 aliphatic carbocycles. The summed E-state index contributed by atoms with van der Waals surface area (Å²) in [5.74, 6) is 0.747. The second kappa shape index (κ2) is 5.39. The second-order valence-corrected chi connectivity index (χ2v) is 4.41. The average Bonchev–Trinajstić information content (AvgIpc) is 2.48. The number of rotatable bonds is 5. The quantitative estimate of drug-likeness (QED) is 0.882. The third-order valence-corrected chi connectivity index (χ3v) is 2.99. The minimum Gasteiger partial charge on any atom is -0.383 e. The lowest BCUT2D eigenvalue weighted by atomic mass is 10.1. The van der Waals surface area contributed by atoms with Crippen LogP contribution in [0.3, 0.4) is 0 Å². The van der Waals surface area contributed by atoms with Gasteiger partial charge in [0, 0.05) is 0 Å². The molecule has 0 bridgehead atoms. The molecular weight excluding hydrogens is 242 g/mol. The summed E-state index contributed by atoms with van der Waals surface area (Å²) >= 11 is 3.38. The Morgan fingerprint density at radius 1 is 1.43 bits per heavy atom. The molecule has 4 heteroatoms. The zero-order valence-corrected chi connectivity index (χ0v) is 10.4. The maximum atomic E-state index is 5.92. The Morgan fingerprint density at radius 2 is 2.00 bits per heavy atom. The van der Waals surface area contributed by atoms with Crippen molar-refractivity contribution in [1.82, 2.24) is 9.78 Å². The summed E-state index contributed by atoms with van der Waals surface area (Å²) in [6.07, 6.45) is 6.40. The standard InChI is InChI=1S/C10H18BrN3/c1-3-5-8(6-4-2)14-10(12)9(11)7-13-14/h7-8H,3-6,12H2,1-2H3. The van der Waals surface area contributed by atoms with E-state index in [2.05, 4.69) is 34.9 Å². The molecular formula is C10H18BrN3. The lowest BCUT2D eigenvalue weighted by molar-refractivity contribution is 0.396. The predicted octanol–water partition coefficient (Wildman–Crippen LogP) is 3.37. The van der Waals surface area contributed by atoms with E-state index in [0.29, 0.717) is 6.04 Å². The molecule has 0 radical (unpaired) electrons. The molecule has 0 amide bonds. The van der Waals surface area contributed by atoms with Crippen molar-refractivity contribution in [2.24, 2.45) is 0 Å². The Morgan fingerprint density at radius 3 is 2.36 bits per heavy atom. The number of halogens is 1. The summed E-state index contributed by atoms with van der Waals surface area (Å²) < 4.78 is 2.84. The van der Waals surface area contributed by atoms with Crippen LogP contribution in [0.5, 0.6) is 0 Å². The number of anilines is 1. The number of aromatic nitrogens is 2. The normalized spacial score (nSPS) is 11.1. The van der Waals surface area contributed by atoms with Gasteiger partial charge in [0.05, 0.1) is 16.7 Å². The van der Waals surface area contributed by atoms with E-state index < -0.39 is 0 Å². The van der Waals surface area contributed by atoms with Gasteiger partial charge in [-0.25, -0.2) is 4.68 Å². The molecule has 1 aromatic rings. The van der Waals surface area contributed by atoms with Gasteiger partial charge in [0.2, 0.25) is 0 Å². The third-order valence-electron chi connectivity index (χ3n) is 2.38. The Labute approximate surface area is 93.8 Å². The molecule has 0 spiro atoms. The maximum Gasteiger partial charge on any atom is 0.136 e. The van der Waals surface area contributed by atoms with Crippen LogP contribution in [0.2, 0.25) is 0 Å². The molecule has 3 nitrogen and oxygen atoms in total. The van der Waals surface area contributed by atoms with Crippen molar-refractivity contribution in [3.63, 3.8) is 0 Å². The van der Waals surface area contributed by atoms with E-state index in [1.165, 1.54) is 12.8 Å². The van der Waals surface area contributed by atoms with Gasteiger partial charge >= 0.3 is 0 Å². The van der Waals surface area contributed by atoms with Gasteiger partial charge in [-0.1, -0.05) is 26.7 Å². The number of nitrogens with two attached hydrogens (primary N) is 1. The van der Waals surface area contributed by atoms with Gasteiger partial charge in [-0.15, -0.1) is 0 Å². The van der Waals surface area contributed by atoms with E-state index in [-0.39, 0.29) is 0 Å². The van der Waals surface area contributed by atoms with Crippen LogP contribution < -0.4 is 5.73 Å². The van der Waals surface area contributed by atoms with Crippen molar-refractivity contribution in [1.29, 1.82) is 0 Å². The molecule has 0 atom stereocenters. The van der Waals surface area contributed by atoms with Crippen molar-refractivity contribution in [2.45, 2.75) is 45.6 Å². The van der Waals surface area contributed by atoms with Gasteiger partial charge < -0.3 is 5.73 Å². The van der Waals surface area contributed by atoms with Crippen LogP contribution >= 0.6 is 15.9 Å². The van der Waals surface area contributed by atoms with E-state index >= 15 is 0 Å². The molecule has 0 saturated heterocycles. The number of hydrogen-bond donors (Lipinski definition) is 1. The van der Waals surface area contributed by atoms with Gasteiger partial charge in [0.25, 0.3) is 0 Å². The fraction of sp³-hybridized carbons (Fsp3) is 0.700. The minimum atomic E-state index is 0.455. The number of nitrogen functional groups attached to an aromatic ring is 1. The van der Waals surface area contributed by atoms with Crippen molar-refractivity contribution >= 4 is 21.7 Å². The Bertz CT molecular complexity index is 277. The average molecular weight is 260 g/mol. The van der Waals surface area contributed by atoms with Crippen LogP contribution in [-0.2, 0) is 0 Å². The fourth-order valence-electron chi connectivity index (χ4n) is 1.70. The predicted molar refractivity (Wildman–Crippen MR) is 63.2 cm³/mol. The van der Waals surface area contributed by atoms with E-state index in [1.807, 2.05) is 4.68 Å². The second-order valence-electron chi connectivity index (χ2n) is 3.55. The van der Waals surface area contributed by atoms with Gasteiger partial charge in [-0.3, -0.25) is 0 Å². The van der Waals surface area contributed by atoms with Gasteiger partial charge in [0.15, 0.2) is 0 Å². The highest BCUT2D eigenvalue weighted by Gasteiger charge is 2.14. The molecule has 80 valence electrons. The van der Waals surface area contributed by atoms with Crippen LogP contribution in [0.4, 0.5) is 5.82 Å². The zero-order chi connectivity index (χ0) is 10.6. The largest absolute Gasteiger partial charge is 0.383 e. The maximum absolute atomic E-state index is 5.92. The highest BCUT2D eigenvalue weighted by molar-refractivity contribution is 9.10. The third kappa shape index (κ3) is 2.50. The topological polar surface area (TPSA) is 43.8 Å². The summed E-state index contributed by atoms with van der Waals surface area (Å²) in [5.41, 5.74) is 5.92. The SMILES string of the molecule is CCCC(CCC)n1ncc(Br)c1N. The first-order chi connectivity index (χ1) is 6.70.